The highest BCUT2D eigenvalue weighted by atomic mass is 16.2. The second kappa shape index (κ2) is 6.57. The Bertz CT molecular complexity index is 829. The second-order valence-corrected chi connectivity index (χ2v) is 7.23. The molecule has 0 N–H and O–H groups in total. The van der Waals surface area contributed by atoms with Crippen molar-refractivity contribution in [1.29, 1.82) is 0 Å². The Morgan fingerprint density at radius 2 is 1.65 bits per heavy atom. The normalized spacial score (nSPS) is 20.6. The minimum absolute atomic E-state index is 0.113. The van der Waals surface area contributed by atoms with E-state index in [4.69, 9.17) is 0 Å². The molecule has 2 saturated heterocycles. The van der Waals surface area contributed by atoms with Crippen molar-refractivity contribution in [2.75, 3.05) is 24.5 Å². The van der Waals surface area contributed by atoms with Crippen LogP contribution in [0.15, 0.2) is 48.5 Å². The van der Waals surface area contributed by atoms with Gasteiger partial charge in [0.1, 0.15) is 6.04 Å². The number of piperazine rings is 1. The molecular formula is C21H23N3O2. The van der Waals surface area contributed by atoms with Gasteiger partial charge >= 0.3 is 6.03 Å². The molecule has 2 heterocycles. The third-order valence-corrected chi connectivity index (χ3v) is 5.12. The molecule has 2 aromatic carbocycles. The van der Waals surface area contributed by atoms with E-state index in [1.54, 1.807) is 4.90 Å². The Balaban J connectivity index is 1.55. The van der Waals surface area contributed by atoms with Gasteiger partial charge in [-0.1, -0.05) is 36.4 Å². The minimum atomic E-state index is -0.388. The summed E-state index contributed by atoms with van der Waals surface area (Å²) in [6, 6.07) is 15.5. The van der Waals surface area contributed by atoms with Crippen LogP contribution in [0.4, 0.5) is 10.5 Å². The number of nitrogens with zero attached hydrogens (tertiary/aromatic N) is 3. The molecule has 2 aliphatic rings. The van der Waals surface area contributed by atoms with E-state index in [-0.39, 0.29) is 18.0 Å². The molecule has 1 atom stereocenters. The van der Waals surface area contributed by atoms with E-state index in [1.165, 1.54) is 10.5 Å². The van der Waals surface area contributed by atoms with E-state index in [9.17, 15) is 9.59 Å². The zero-order valence-electron chi connectivity index (χ0n) is 15.2. The number of hydrogen-bond donors (Lipinski definition) is 0. The molecule has 26 heavy (non-hydrogen) atoms. The molecule has 1 unspecified atom stereocenters. The van der Waals surface area contributed by atoms with Gasteiger partial charge in [-0.25, -0.2) is 9.69 Å². The van der Waals surface area contributed by atoms with Crippen molar-refractivity contribution in [3.05, 3.63) is 65.2 Å². The Kier molecular flexibility index (Phi) is 4.24. The van der Waals surface area contributed by atoms with E-state index < -0.39 is 0 Å². The Morgan fingerprint density at radius 3 is 2.35 bits per heavy atom. The molecule has 2 aromatic rings. The molecule has 3 amide bonds. The number of imide groups is 1. The molecule has 0 bridgehead atoms. The van der Waals surface area contributed by atoms with E-state index >= 15 is 0 Å². The fourth-order valence-corrected chi connectivity index (χ4v) is 3.95. The van der Waals surface area contributed by atoms with Gasteiger partial charge in [-0.05, 0) is 42.7 Å². The lowest BCUT2D eigenvalue weighted by Crippen LogP contribution is -2.52. The van der Waals surface area contributed by atoms with Crippen LogP contribution in [0.3, 0.4) is 0 Å². The maximum Gasteiger partial charge on any atom is 0.332 e. The van der Waals surface area contributed by atoms with E-state index in [2.05, 4.69) is 17.0 Å². The number of anilines is 1. The molecule has 5 heteroatoms. The third-order valence-electron chi connectivity index (χ3n) is 5.12. The van der Waals surface area contributed by atoms with Gasteiger partial charge in [0.15, 0.2) is 0 Å². The molecular weight excluding hydrogens is 326 g/mol. The summed E-state index contributed by atoms with van der Waals surface area (Å²) in [6.45, 7) is 6.72. The molecule has 4 rings (SSSR count). The lowest BCUT2D eigenvalue weighted by molar-refractivity contribution is -0.121. The highest BCUT2D eigenvalue weighted by Gasteiger charge is 2.48. The molecule has 0 aromatic heterocycles. The van der Waals surface area contributed by atoms with Crippen molar-refractivity contribution in [1.82, 2.24) is 9.80 Å². The second-order valence-electron chi connectivity index (χ2n) is 7.23. The summed E-state index contributed by atoms with van der Waals surface area (Å²) in [5.74, 6) is -0.113. The van der Waals surface area contributed by atoms with Gasteiger partial charge in [0.25, 0.3) is 5.91 Å². The van der Waals surface area contributed by atoms with Gasteiger partial charge in [0.2, 0.25) is 0 Å². The number of fused-ring (bicyclic) bond motifs is 1. The maximum absolute atomic E-state index is 13.0. The molecule has 0 spiro atoms. The van der Waals surface area contributed by atoms with Crippen LogP contribution < -0.4 is 4.90 Å². The van der Waals surface area contributed by atoms with E-state index in [0.29, 0.717) is 18.8 Å². The van der Waals surface area contributed by atoms with Crippen molar-refractivity contribution in [3.63, 3.8) is 0 Å². The zero-order chi connectivity index (χ0) is 18.3. The first-order chi connectivity index (χ1) is 12.5. The Labute approximate surface area is 153 Å². The number of urea groups is 1. The highest BCUT2D eigenvalue weighted by Crippen LogP contribution is 2.29. The van der Waals surface area contributed by atoms with Gasteiger partial charge in [-0.2, -0.15) is 0 Å². The average Bonchev–Trinajstić information content (AvgIpc) is 2.85. The molecule has 134 valence electrons. The number of hydrogen-bond acceptors (Lipinski definition) is 3. The van der Waals surface area contributed by atoms with Crippen LogP contribution in [0.25, 0.3) is 0 Å². The molecule has 0 aliphatic carbocycles. The first kappa shape index (κ1) is 16.8. The fraction of sp³-hybridized carbons (Fsp3) is 0.333. The van der Waals surface area contributed by atoms with Crippen LogP contribution in [-0.2, 0) is 11.3 Å². The van der Waals surface area contributed by atoms with Gasteiger partial charge in [0.05, 0.1) is 5.69 Å². The number of amides is 3. The van der Waals surface area contributed by atoms with Crippen LogP contribution >= 0.6 is 0 Å². The quantitative estimate of drug-likeness (QED) is 0.800. The summed E-state index contributed by atoms with van der Waals surface area (Å²) < 4.78 is 0. The zero-order valence-corrected chi connectivity index (χ0v) is 15.2. The summed E-state index contributed by atoms with van der Waals surface area (Å²) in [6.07, 6.45) is 0. The van der Waals surface area contributed by atoms with Crippen molar-refractivity contribution in [2.24, 2.45) is 0 Å². The van der Waals surface area contributed by atoms with Crippen molar-refractivity contribution in [2.45, 2.75) is 26.4 Å². The van der Waals surface area contributed by atoms with Gasteiger partial charge < -0.3 is 4.90 Å². The molecule has 0 saturated carbocycles. The molecule has 0 radical (unpaired) electrons. The predicted molar refractivity (Wildman–Crippen MR) is 101 cm³/mol. The summed E-state index contributed by atoms with van der Waals surface area (Å²) in [5.41, 5.74) is 4.01. The fourth-order valence-electron chi connectivity index (χ4n) is 3.95. The monoisotopic (exact) mass is 349 g/mol. The van der Waals surface area contributed by atoms with Crippen LogP contribution in [0.2, 0.25) is 0 Å². The van der Waals surface area contributed by atoms with Crippen molar-refractivity contribution >= 4 is 17.6 Å². The van der Waals surface area contributed by atoms with Crippen LogP contribution in [-0.4, -0.2) is 47.4 Å². The summed E-state index contributed by atoms with van der Waals surface area (Å²) in [5, 5.41) is 0. The maximum atomic E-state index is 13.0. The molecule has 2 aliphatic heterocycles. The SMILES string of the molecule is Cc1cc(C)cc(N2C(=O)C3CN(Cc4ccccc4)CCN3C2=O)c1. The predicted octanol–water partition coefficient (Wildman–Crippen LogP) is 2.96. The first-order valence-corrected chi connectivity index (χ1v) is 9.02. The average molecular weight is 349 g/mol. The molecule has 2 fully saturated rings. The number of carbonyl (C=O) groups excluding carboxylic acids is 2. The van der Waals surface area contributed by atoms with Gasteiger partial charge in [-0.15, -0.1) is 0 Å². The summed E-state index contributed by atoms with van der Waals surface area (Å²) in [4.78, 5) is 31.2. The lowest BCUT2D eigenvalue weighted by Gasteiger charge is -2.35. The highest BCUT2D eigenvalue weighted by molar-refractivity contribution is 6.21. The van der Waals surface area contributed by atoms with Gasteiger partial charge in [-0.3, -0.25) is 9.69 Å². The Hall–Kier alpha value is -2.66. The smallest absolute Gasteiger partial charge is 0.309 e. The standard InChI is InChI=1S/C21H23N3O2/c1-15-10-16(2)12-18(11-15)24-20(25)19-14-22(8-9-23(19)21(24)26)13-17-6-4-3-5-7-17/h3-7,10-12,19H,8-9,13-14H2,1-2H3. The largest absolute Gasteiger partial charge is 0.332 e. The topological polar surface area (TPSA) is 43.9 Å². The van der Waals surface area contributed by atoms with Crippen LogP contribution in [0.1, 0.15) is 16.7 Å². The lowest BCUT2D eigenvalue weighted by atomic mass is 10.1. The van der Waals surface area contributed by atoms with Gasteiger partial charge in [0, 0.05) is 26.2 Å². The number of aryl methyl sites for hydroxylation is 2. The van der Waals surface area contributed by atoms with Crippen molar-refractivity contribution in [3.8, 4) is 0 Å². The van der Waals surface area contributed by atoms with Crippen LogP contribution in [0.5, 0.6) is 0 Å². The molecule has 5 nitrogen and oxygen atoms in total. The van der Waals surface area contributed by atoms with Crippen LogP contribution in [0, 0.1) is 13.8 Å². The van der Waals surface area contributed by atoms with E-state index in [1.807, 2.05) is 50.2 Å². The van der Waals surface area contributed by atoms with E-state index in [0.717, 1.165) is 24.2 Å². The summed E-state index contributed by atoms with van der Waals surface area (Å²) in [7, 11) is 0. The Morgan fingerprint density at radius 1 is 0.962 bits per heavy atom. The van der Waals surface area contributed by atoms with Crippen molar-refractivity contribution < 1.29 is 9.59 Å². The summed E-state index contributed by atoms with van der Waals surface area (Å²) >= 11 is 0. The number of rotatable bonds is 3. The third kappa shape index (κ3) is 2.99. The first-order valence-electron chi connectivity index (χ1n) is 9.02. The number of carbonyl (C=O) groups is 2. The number of benzene rings is 2. The minimum Gasteiger partial charge on any atom is -0.309 e.